The minimum absolute atomic E-state index is 0.0383. The smallest absolute Gasteiger partial charge is 0.123 e. The van der Waals surface area contributed by atoms with Crippen LogP contribution >= 0.6 is 0 Å². The Labute approximate surface area is 121 Å². The van der Waals surface area contributed by atoms with Crippen LogP contribution in [-0.4, -0.2) is 49.1 Å². The van der Waals surface area contributed by atoms with Crippen LogP contribution in [0.3, 0.4) is 0 Å². The maximum absolute atomic E-state index is 13.1. The Bertz CT molecular complexity index is 408. The van der Waals surface area contributed by atoms with Gasteiger partial charge in [0, 0.05) is 31.2 Å². The molecule has 20 heavy (non-hydrogen) atoms. The molecule has 2 unspecified atom stereocenters. The lowest BCUT2D eigenvalue weighted by molar-refractivity contribution is 0.0982. The van der Waals surface area contributed by atoms with Crippen molar-refractivity contribution in [3.63, 3.8) is 0 Å². The molecule has 2 atom stereocenters. The Hall–Kier alpha value is -0.970. The van der Waals surface area contributed by atoms with Crippen LogP contribution in [0, 0.1) is 5.82 Å². The summed E-state index contributed by atoms with van der Waals surface area (Å²) in [7, 11) is 4.28. The van der Waals surface area contributed by atoms with Crippen molar-refractivity contribution in [2.75, 3.05) is 27.2 Å². The van der Waals surface area contributed by atoms with Crippen LogP contribution in [0.2, 0.25) is 0 Å². The van der Waals surface area contributed by atoms with E-state index in [1.807, 2.05) is 19.1 Å². The van der Waals surface area contributed by atoms with E-state index in [-0.39, 0.29) is 17.9 Å². The van der Waals surface area contributed by atoms with E-state index in [1.54, 1.807) is 0 Å². The van der Waals surface area contributed by atoms with E-state index in [1.165, 1.54) is 12.1 Å². The van der Waals surface area contributed by atoms with Crippen LogP contribution in [-0.2, 0) is 0 Å². The number of nitrogens with two attached hydrogens (primary N) is 1. The molecular weight excluding hydrogens is 253 g/mol. The van der Waals surface area contributed by atoms with Crippen molar-refractivity contribution in [2.45, 2.75) is 37.9 Å². The number of halogens is 1. The van der Waals surface area contributed by atoms with Crippen molar-refractivity contribution in [2.24, 2.45) is 5.73 Å². The van der Waals surface area contributed by atoms with Crippen molar-refractivity contribution in [1.29, 1.82) is 0 Å². The maximum atomic E-state index is 13.1. The highest BCUT2D eigenvalue weighted by atomic mass is 19.1. The Morgan fingerprint density at radius 3 is 2.20 bits per heavy atom. The van der Waals surface area contributed by atoms with Gasteiger partial charge in [0.1, 0.15) is 5.82 Å². The standard InChI is InChI=1S/C16H26FN3/c1-12(18)16(13-4-6-14(17)7-5-13)20-10-8-15(9-11-20)19(2)3/h4-7,12,15-16H,8-11,18H2,1-3H3. The number of nitrogens with zero attached hydrogens (tertiary/aromatic N) is 2. The van der Waals surface area contributed by atoms with Crippen LogP contribution in [0.5, 0.6) is 0 Å². The molecule has 1 aliphatic heterocycles. The van der Waals surface area contributed by atoms with Crippen LogP contribution in [0.25, 0.3) is 0 Å². The van der Waals surface area contributed by atoms with Gasteiger partial charge < -0.3 is 10.6 Å². The first-order valence-corrected chi connectivity index (χ1v) is 7.40. The molecule has 0 saturated carbocycles. The lowest BCUT2D eigenvalue weighted by Gasteiger charge is -2.41. The SMILES string of the molecule is CC(N)C(c1ccc(F)cc1)N1CCC(N(C)C)CC1. The molecule has 112 valence electrons. The van der Waals surface area contributed by atoms with E-state index in [2.05, 4.69) is 23.9 Å². The summed E-state index contributed by atoms with van der Waals surface area (Å²) in [5.74, 6) is -0.191. The highest BCUT2D eigenvalue weighted by Crippen LogP contribution is 2.28. The normalized spacial score (nSPS) is 21.1. The number of hydrogen-bond acceptors (Lipinski definition) is 3. The predicted molar refractivity (Wildman–Crippen MR) is 81.1 cm³/mol. The van der Waals surface area contributed by atoms with E-state index in [4.69, 9.17) is 5.73 Å². The molecular formula is C16H26FN3. The fourth-order valence-corrected chi connectivity index (χ4v) is 3.19. The van der Waals surface area contributed by atoms with Gasteiger partial charge in [-0.15, -0.1) is 0 Å². The predicted octanol–water partition coefficient (Wildman–Crippen LogP) is 2.24. The zero-order chi connectivity index (χ0) is 14.7. The summed E-state index contributed by atoms with van der Waals surface area (Å²) < 4.78 is 13.1. The van der Waals surface area contributed by atoms with Crippen molar-refractivity contribution >= 4 is 0 Å². The van der Waals surface area contributed by atoms with Gasteiger partial charge in [-0.3, -0.25) is 4.90 Å². The average molecular weight is 279 g/mol. The zero-order valence-electron chi connectivity index (χ0n) is 12.7. The highest BCUT2D eigenvalue weighted by molar-refractivity contribution is 5.21. The molecule has 0 radical (unpaired) electrons. The minimum Gasteiger partial charge on any atom is -0.326 e. The first-order chi connectivity index (χ1) is 9.49. The summed E-state index contributed by atoms with van der Waals surface area (Å²) >= 11 is 0. The third kappa shape index (κ3) is 3.57. The van der Waals surface area contributed by atoms with E-state index >= 15 is 0 Å². The molecule has 1 saturated heterocycles. The summed E-state index contributed by atoms with van der Waals surface area (Å²) in [6.07, 6.45) is 2.33. The minimum atomic E-state index is -0.191. The molecule has 0 amide bonds. The van der Waals surface area contributed by atoms with Crippen molar-refractivity contribution in [3.8, 4) is 0 Å². The molecule has 0 aromatic heterocycles. The molecule has 0 aliphatic carbocycles. The van der Waals surface area contributed by atoms with Gasteiger partial charge in [-0.25, -0.2) is 4.39 Å². The summed E-state index contributed by atoms with van der Waals surface area (Å²) in [5.41, 5.74) is 7.30. The quantitative estimate of drug-likeness (QED) is 0.917. The fourth-order valence-electron chi connectivity index (χ4n) is 3.19. The third-order valence-electron chi connectivity index (χ3n) is 4.33. The van der Waals surface area contributed by atoms with Gasteiger partial charge >= 0.3 is 0 Å². The second-order valence-electron chi connectivity index (χ2n) is 6.09. The summed E-state index contributed by atoms with van der Waals surface area (Å²) in [6.45, 7) is 4.13. The molecule has 2 rings (SSSR count). The summed E-state index contributed by atoms with van der Waals surface area (Å²) in [6, 6.07) is 7.65. The van der Waals surface area contributed by atoms with Crippen molar-refractivity contribution in [1.82, 2.24) is 9.80 Å². The van der Waals surface area contributed by atoms with Gasteiger partial charge in [-0.1, -0.05) is 12.1 Å². The number of benzene rings is 1. The molecule has 4 heteroatoms. The molecule has 1 aromatic carbocycles. The van der Waals surface area contributed by atoms with Crippen LogP contribution in [0.4, 0.5) is 4.39 Å². The van der Waals surface area contributed by atoms with Gasteiger partial charge in [0.25, 0.3) is 0 Å². The van der Waals surface area contributed by atoms with Gasteiger partial charge in [0.15, 0.2) is 0 Å². The molecule has 2 N–H and O–H groups in total. The Morgan fingerprint density at radius 2 is 1.75 bits per heavy atom. The fraction of sp³-hybridized carbons (Fsp3) is 0.625. The van der Waals surface area contributed by atoms with Gasteiger partial charge in [-0.05, 0) is 51.6 Å². The zero-order valence-corrected chi connectivity index (χ0v) is 12.7. The Kier molecular flexibility index (Phi) is 5.13. The number of likely N-dealkylation sites (tertiary alicyclic amines) is 1. The molecule has 0 bridgehead atoms. The highest BCUT2D eigenvalue weighted by Gasteiger charge is 2.28. The Morgan fingerprint density at radius 1 is 1.20 bits per heavy atom. The van der Waals surface area contributed by atoms with Crippen LogP contribution in [0.15, 0.2) is 24.3 Å². The first-order valence-electron chi connectivity index (χ1n) is 7.40. The number of hydrogen-bond donors (Lipinski definition) is 1. The first kappa shape index (κ1) is 15.4. The van der Waals surface area contributed by atoms with Crippen molar-refractivity contribution < 1.29 is 4.39 Å². The van der Waals surface area contributed by atoms with Crippen LogP contribution < -0.4 is 5.73 Å². The largest absolute Gasteiger partial charge is 0.326 e. The maximum Gasteiger partial charge on any atom is 0.123 e. The lowest BCUT2D eigenvalue weighted by Crippen LogP contribution is -2.47. The lowest BCUT2D eigenvalue weighted by atomic mass is 9.95. The molecule has 1 aliphatic rings. The van der Waals surface area contributed by atoms with Crippen molar-refractivity contribution in [3.05, 3.63) is 35.6 Å². The molecule has 1 fully saturated rings. The Balaban J connectivity index is 2.09. The average Bonchev–Trinajstić information content (AvgIpc) is 2.41. The molecule has 3 nitrogen and oxygen atoms in total. The van der Waals surface area contributed by atoms with E-state index < -0.39 is 0 Å². The monoisotopic (exact) mass is 279 g/mol. The van der Waals surface area contributed by atoms with E-state index in [0.29, 0.717) is 6.04 Å². The van der Waals surface area contributed by atoms with Gasteiger partial charge in [-0.2, -0.15) is 0 Å². The second kappa shape index (κ2) is 6.66. The van der Waals surface area contributed by atoms with Gasteiger partial charge in [0.2, 0.25) is 0 Å². The molecule has 0 spiro atoms. The number of rotatable bonds is 4. The number of piperidine rings is 1. The van der Waals surface area contributed by atoms with Crippen LogP contribution in [0.1, 0.15) is 31.4 Å². The topological polar surface area (TPSA) is 32.5 Å². The molecule has 1 aromatic rings. The summed E-state index contributed by atoms with van der Waals surface area (Å²) in [4.78, 5) is 4.74. The van der Waals surface area contributed by atoms with E-state index in [9.17, 15) is 4.39 Å². The summed E-state index contributed by atoms with van der Waals surface area (Å²) in [5, 5.41) is 0. The van der Waals surface area contributed by atoms with Gasteiger partial charge in [0.05, 0.1) is 0 Å². The second-order valence-corrected chi connectivity index (χ2v) is 6.09. The third-order valence-corrected chi connectivity index (χ3v) is 4.33. The molecule has 1 heterocycles. The van der Waals surface area contributed by atoms with E-state index in [0.717, 1.165) is 31.5 Å².